The highest BCUT2D eigenvalue weighted by atomic mass is 19.1. The average molecular weight is 427 g/mol. The zero-order chi connectivity index (χ0) is 21.6. The highest BCUT2D eigenvalue weighted by Gasteiger charge is 2.27. The van der Waals surface area contributed by atoms with Crippen molar-refractivity contribution in [3.63, 3.8) is 0 Å². The van der Waals surface area contributed by atoms with Crippen LogP contribution < -0.4 is 10.1 Å². The van der Waals surface area contributed by atoms with Crippen LogP contribution in [0.2, 0.25) is 0 Å². The Morgan fingerprint density at radius 1 is 1.16 bits per heavy atom. The maximum Gasteiger partial charge on any atom is 0.318 e. The van der Waals surface area contributed by atoms with E-state index in [0.29, 0.717) is 18.8 Å². The number of urea groups is 1. The highest BCUT2D eigenvalue weighted by Crippen LogP contribution is 2.29. The molecule has 0 bridgehead atoms. The Kier molecular flexibility index (Phi) is 7.02. The molecule has 0 radical (unpaired) electrons. The second-order valence-electron chi connectivity index (χ2n) is 8.69. The van der Waals surface area contributed by atoms with Crippen LogP contribution in [0.4, 0.5) is 9.18 Å². The van der Waals surface area contributed by atoms with Gasteiger partial charge in [-0.25, -0.2) is 9.18 Å². The average Bonchev–Trinajstić information content (AvgIpc) is 3.62. The molecule has 31 heavy (non-hydrogen) atoms. The van der Waals surface area contributed by atoms with E-state index in [-0.39, 0.29) is 17.9 Å². The number of ether oxygens (including phenoxy) is 1. The van der Waals surface area contributed by atoms with Gasteiger partial charge >= 0.3 is 6.03 Å². The Bertz CT molecular complexity index is 847. The first kappa shape index (κ1) is 21.6. The molecular formula is C24H31FN4O2. The van der Waals surface area contributed by atoms with Gasteiger partial charge in [0.25, 0.3) is 0 Å². The second kappa shape index (κ2) is 10.1. The van der Waals surface area contributed by atoms with E-state index in [1.54, 1.807) is 6.07 Å². The molecule has 1 N–H and O–H groups in total. The number of halogens is 1. The van der Waals surface area contributed by atoms with Gasteiger partial charge in [0, 0.05) is 12.6 Å². The van der Waals surface area contributed by atoms with Crippen LogP contribution in [0.3, 0.4) is 0 Å². The van der Waals surface area contributed by atoms with E-state index >= 15 is 0 Å². The molecule has 1 saturated heterocycles. The Morgan fingerprint density at radius 3 is 2.55 bits per heavy atom. The van der Waals surface area contributed by atoms with E-state index in [1.165, 1.54) is 25.1 Å². The number of benzene rings is 1. The summed E-state index contributed by atoms with van der Waals surface area (Å²) in [6, 6.07) is 11.0. The lowest BCUT2D eigenvalue weighted by molar-refractivity contribution is 0.126. The maximum atomic E-state index is 13.2. The number of nitrogens with one attached hydrogen (secondary N) is 1. The van der Waals surface area contributed by atoms with Crippen molar-refractivity contribution in [2.24, 2.45) is 5.92 Å². The number of hydrogen-bond acceptors (Lipinski definition) is 4. The van der Waals surface area contributed by atoms with Crippen LogP contribution in [0, 0.1) is 11.7 Å². The Balaban J connectivity index is 1.35. The fourth-order valence-electron chi connectivity index (χ4n) is 3.83. The first-order chi connectivity index (χ1) is 15.1. The number of carbonyl (C=O) groups excluding carboxylic acids is 1. The van der Waals surface area contributed by atoms with Crippen LogP contribution in [-0.4, -0.2) is 53.6 Å². The predicted molar refractivity (Wildman–Crippen MR) is 117 cm³/mol. The molecule has 0 spiro atoms. The fourth-order valence-corrected chi connectivity index (χ4v) is 3.83. The van der Waals surface area contributed by atoms with Crippen molar-refractivity contribution in [1.29, 1.82) is 0 Å². The lowest BCUT2D eigenvalue weighted by Gasteiger charge is -2.37. The molecule has 2 heterocycles. The van der Waals surface area contributed by atoms with Crippen molar-refractivity contribution in [1.82, 2.24) is 20.1 Å². The van der Waals surface area contributed by atoms with Gasteiger partial charge in [-0.15, -0.1) is 0 Å². The summed E-state index contributed by atoms with van der Waals surface area (Å²) in [6.45, 7) is 3.51. The van der Waals surface area contributed by atoms with Crippen LogP contribution in [0.5, 0.6) is 5.75 Å². The Labute approximate surface area is 183 Å². The van der Waals surface area contributed by atoms with Crippen molar-refractivity contribution in [3.05, 3.63) is 59.7 Å². The molecule has 1 aromatic carbocycles. The minimum Gasteiger partial charge on any atom is -0.493 e. The van der Waals surface area contributed by atoms with Gasteiger partial charge in [-0.05, 0) is 81.6 Å². The lowest BCUT2D eigenvalue weighted by Crippen LogP contribution is -2.49. The molecule has 0 unspecified atom stereocenters. The van der Waals surface area contributed by atoms with Crippen LogP contribution in [0.1, 0.15) is 36.9 Å². The normalized spacial score (nSPS) is 17.4. The van der Waals surface area contributed by atoms with E-state index in [2.05, 4.69) is 22.2 Å². The van der Waals surface area contributed by atoms with Gasteiger partial charge in [-0.3, -0.25) is 4.98 Å². The molecule has 2 amide bonds. The Hall–Kier alpha value is -2.67. The van der Waals surface area contributed by atoms with Gasteiger partial charge in [0.2, 0.25) is 0 Å². The maximum absolute atomic E-state index is 13.2. The predicted octanol–water partition coefficient (Wildman–Crippen LogP) is 3.82. The molecule has 2 aromatic rings. The summed E-state index contributed by atoms with van der Waals surface area (Å²) in [5.74, 6) is 1.22. The van der Waals surface area contributed by atoms with Crippen molar-refractivity contribution in [2.75, 3.05) is 26.7 Å². The van der Waals surface area contributed by atoms with E-state index in [4.69, 9.17) is 4.74 Å². The molecule has 1 saturated carbocycles. The number of carbonyl (C=O) groups is 1. The molecule has 6 nitrogen and oxygen atoms in total. The van der Waals surface area contributed by atoms with Crippen molar-refractivity contribution >= 4 is 6.03 Å². The van der Waals surface area contributed by atoms with Gasteiger partial charge in [-0.1, -0.05) is 12.1 Å². The number of nitrogens with zero attached hydrogens (tertiary/aromatic N) is 3. The number of rotatable bonds is 8. The minimum absolute atomic E-state index is 0.116. The zero-order valence-corrected chi connectivity index (χ0v) is 18.1. The third kappa shape index (κ3) is 6.40. The zero-order valence-electron chi connectivity index (χ0n) is 18.1. The third-order valence-corrected chi connectivity index (χ3v) is 6.06. The number of likely N-dealkylation sites (tertiary alicyclic amines) is 1. The number of amides is 2. The highest BCUT2D eigenvalue weighted by molar-refractivity contribution is 5.74. The lowest BCUT2D eigenvalue weighted by atomic mass is 10.0. The summed E-state index contributed by atoms with van der Waals surface area (Å²) < 4.78 is 19.0. The van der Waals surface area contributed by atoms with Gasteiger partial charge in [-0.2, -0.15) is 0 Å². The van der Waals surface area contributed by atoms with Crippen molar-refractivity contribution in [2.45, 2.75) is 44.8 Å². The topological polar surface area (TPSA) is 57.7 Å². The molecule has 1 aliphatic heterocycles. The molecule has 0 atom stereocenters. The quantitative estimate of drug-likeness (QED) is 0.697. The summed E-state index contributed by atoms with van der Waals surface area (Å²) >= 11 is 0. The van der Waals surface area contributed by atoms with Crippen molar-refractivity contribution < 1.29 is 13.9 Å². The third-order valence-electron chi connectivity index (χ3n) is 6.06. The van der Waals surface area contributed by atoms with E-state index < -0.39 is 0 Å². The summed E-state index contributed by atoms with van der Waals surface area (Å²) in [5, 5.41) is 3.05. The molecular weight excluding hydrogens is 395 g/mol. The van der Waals surface area contributed by atoms with E-state index in [1.807, 2.05) is 29.2 Å². The molecule has 2 fully saturated rings. The second-order valence-corrected chi connectivity index (χ2v) is 8.69. The van der Waals surface area contributed by atoms with Gasteiger partial charge in [0.15, 0.2) is 0 Å². The summed E-state index contributed by atoms with van der Waals surface area (Å²) in [6.07, 6.45) is 5.57. The fraction of sp³-hybridized carbons (Fsp3) is 0.500. The smallest absolute Gasteiger partial charge is 0.318 e. The SMILES string of the molecule is CN1CCC(N(Cc2ccc(F)cn2)C(=O)NCc2ccc(OCC3CC3)cc2)CC1. The van der Waals surface area contributed by atoms with E-state index in [0.717, 1.165) is 49.8 Å². The monoisotopic (exact) mass is 426 g/mol. The van der Waals surface area contributed by atoms with E-state index in [9.17, 15) is 9.18 Å². The van der Waals surface area contributed by atoms with Crippen LogP contribution in [0.25, 0.3) is 0 Å². The summed E-state index contributed by atoms with van der Waals surface area (Å²) in [5.41, 5.74) is 1.71. The number of pyridine rings is 1. The first-order valence-corrected chi connectivity index (χ1v) is 11.1. The van der Waals surface area contributed by atoms with Crippen LogP contribution in [-0.2, 0) is 13.1 Å². The number of piperidine rings is 1. The number of aromatic nitrogens is 1. The molecule has 2 aliphatic rings. The van der Waals surface area contributed by atoms with Crippen molar-refractivity contribution in [3.8, 4) is 5.75 Å². The van der Waals surface area contributed by atoms with Crippen LogP contribution >= 0.6 is 0 Å². The van der Waals surface area contributed by atoms with Gasteiger partial charge < -0.3 is 19.9 Å². The largest absolute Gasteiger partial charge is 0.493 e. The number of hydrogen-bond donors (Lipinski definition) is 1. The van der Waals surface area contributed by atoms with Gasteiger partial charge in [0.1, 0.15) is 11.6 Å². The molecule has 7 heteroatoms. The molecule has 1 aromatic heterocycles. The van der Waals surface area contributed by atoms with Crippen LogP contribution in [0.15, 0.2) is 42.6 Å². The summed E-state index contributed by atoms with van der Waals surface area (Å²) in [4.78, 5) is 21.4. The standard InChI is InChI=1S/C24H31FN4O2/c1-28-12-10-22(11-13-28)29(16-21-7-6-20(25)15-26-21)24(30)27-14-18-4-8-23(9-5-18)31-17-19-2-3-19/h4-9,15,19,22H,2-3,10-14,16-17H2,1H3,(H,27,30). The Morgan fingerprint density at radius 2 is 1.90 bits per heavy atom. The summed E-state index contributed by atoms with van der Waals surface area (Å²) in [7, 11) is 2.10. The minimum atomic E-state index is -0.372. The molecule has 1 aliphatic carbocycles. The van der Waals surface area contributed by atoms with Gasteiger partial charge in [0.05, 0.1) is 25.0 Å². The molecule has 4 rings (SSSR count). The molecule has 166 valence electrons. The first-order valence-electron chi connectivity index (χ1n) is 11.1.